The number of anilines is 1. The van der Waals surface area contributed by atoms with Crippen LogP contribution >= 0.6 is 0 Å². The van der Waals surface area contributed by atoms with E-state index in [0.717, 1.165) is 34.6 Å². The third-order valence-corrected chi connectivity index (χ3v) is 4.37. The van der Waals surface area contributed by atoms with Crippen LogP contribution in [-0.2, 0) is 9.59 Å². The summed E-state index contributed by atoms with van der Waals surface area (Å²) in [6.07, 6.45) is 1.88. The van der Waals surface area contributed by atoms with Crippen LogP contribution in [-0.4, -0.2) is 32.0 Å². The minimum atomic E-state index is -0.0997. The van der Waals surface area contributed by atoms with Gasteiger partial charge in [-0.05, 0) is 31.0 Å². The molecule has 0 saturated carbocycles. The largest absolute Gasteiger partial charge is 0.344 e. The van der Waals surface area contributed by atoms with Gasteiger partial charge in [-0.25, -0.2) is 0 Å². The fourth-order valence-electron chi connectivity index (χ4n) is 2.99. The molecule has 0 heterocycles. The van der Waals surface area contributed by atoms with Crippen molar-refractivity contribution in [3.63, 3.8) is 0 Å². The van der Waals surface area contributed by atoms with E-state index >= 15 is 0 Å². The van der Waals surface area contributed by atoms with Crippen LogP contribution in [0.3, 0.4) is 0 Å². The van der Waals surface area contributed by atoms with E-state index in [2.05, 4.69) is 17.6 Å². The monoisotopic (exact) mass is 368 g/mol. The number of rotatable bonds is 9. The van der Waals surface area contributed by atoms with Gasteiger partial charge >= 0.3 is 0 Å². The zero-order chi connectivity index (χ0) is 19.6. The number of nitrogens with one attached hydrogen (secondary N) is 3. The van der Waals surface area contributed by atoms with Gasteiger partial charge in [-0.1, -0.05) is 61.4 Å². The second-order valence-electron chi connectivity index (χ2n) is 7.04. The van der Waals surface area contributed by atoms with Crippen molar-refractivity contribution in [1.29, 1.82) is 0 Å². The minimum absolute atomic E-state index is 0.0119. The van der Waals surface area contributed by atoms with Crippen LogP contribution in [0.5, 0.6) is 0 Å². The molecule has 2 aromatic carbocycles. The van der Waals surface area contributed by atoms with Gasteiger partial charge in [-0.15, -0.1) is 0 Å². The highest BCUT2D eigenvalue weighted by molar-refractivity contribution is 5.91. The molecule has 0 aliphatic heterocycles. The van der Waals surface area contributed by atoms with E-state index in [9.17, 15) is 9.59 Å². The van der Waals surface area contributed by atoms with Crippen molar-refractivity contribution in [2.24, 2.45) is 0 Å². The molecule has 5 heteroatoms. The fourth-order valence-corrected chi connectivity index (χ4v) is 2.99. The van der Waals surface area contributed by atoms with Gasteiger partial charge in [0, 0.05) is 5.69 Å². The maximum atomic E-state index is 12.4. The van der Waals surface area contributed by atoms with E-state index in [1.54, 1.807) is 0 Å². The molecule has 3 N–H and O–H groups in total. The number of likely N-dealkylation sites (N-methyl/N-ethyl adjacent to an activating group) is 1. The topological polar surface area (TPSA) is 62.6 Å². The van der Waals surface area contributed by atoms with Crippen molar-refractivity contribution < 1.29 is 14.5 Å². The summed E-state index contributed by atoms with van der Waals surface area (Å²) in [7, 11) is 1.85. The number of quaternary nitrogens is 1. The molecule has 0 saturated heterocycles. The average molecular weight is 369 g/mol. The van der Waals surface area contributed by atoms with E-state index in [1.807, 2.05) is 68.6 Å². The Balaban J connectivity index is 1.82. The molecule has 0 radical (unpaired) electrons. The molecule has 0 aliphatic rings. The van der Waals surface area contributed by atoms with Gasteiger partial charge in [-0.2, -0.15) is 0 Å². The molecule has 0 bridgehead atoms. The lowest BCUT2D eigenvalue weighted by molar-refractivity contribution is -0.862. The van der Waals surface area contributed by atoms with Gasteiger partial charge in [0.2, 0.25) is 0 Å². The van der Waals surface area contributed by atoms with Crippen LogP contribution in [0.4, 0.5) is 5.69 Å². The molecule has 5 nitrogen and oxygen atoms in total. The van der Waals surface area contributed by atoms with Gasteiger partial charge in [0.1, 0.15) is 0 Å². The Morgan fingerprint density at radius 2 is 1.59 bits per heavy atom. The second kappa shape index (κ2) is 10.5. The first-order chi connectivity index (χ1) is 13.0. The summed E-state index contributed by atoms with van der Waals surface area (Å²) < 4.78 is 0. The van der Waals surface area contributed by atoms with Crippen molar-refractivity contribution >= 4 is 17.5 Å². The molecule has 0 fully saturated rings. The van der Waals surface area contributed by atoms with E-state index < -0.39 is 0 Å². The van der Waals surface area contributed by atoms with Crippen molar-refractivity contribution in [2.75, 3.05) is 25.5 Å². The molecule has 0 spiro atoms. The highest BCUT2D eigenvalue weighted by Gasteiger charge is 2.18. The summed E-state index contributed by atoms with van der Waals surface area (Å²) in [6, 6.07) is 17.7. The lowest BCUT2D eigenvalue weighted by atomic mass is 10.0. The molecule has 144 valence electrons. The van der Waals surface area contributed by atoms with Crippen molar-refractivity contribution in [2.45, 2.75) is 32.7 Å². The highest BCUT2D eigenvalue weighted by Crippen LogP contribution is 2.17. The highest BCUT2D eigenvalue weighted by atomic mass is 16.2. The summed E-state index contributed by atoms with van der Waals surface area (Å²) in [5, 5.41) is 5.97. The standard InChI is InChI=1S/C22H29N3O2/c1-4-8-20(18-9-6-5-7-10-18)24-22(27)16-25(3)15-21(26)23-19-13-11-17(2)12-14-19/h5-7,9-14,20H,4,8,15-16H2,1-3H3,(H,23,26)(H,24,27)/p+1/t20-/m0/s1. The number of amides is 2. The molecular formula is C22H30N3O2+. The van der Waals surface area contributed by atoms with Crippen LogP contribution < -0.4 is 15.5 Å². The second-order valence-corrected chi connectivity index (χ2v) is 7.04. The number of hydrogen-bond acceptors (Lipinski definition) is 2. The summed E-state index contributed by atoms with van der Waals surface area (Å²) >= 11 is 0. The van der Waals surface area contributed by atoms with E-state index in [-0.39, 0.29) is 30.9 Å². The number of benzene rings is 2. The quantitative estimate of drug-likeness (QED) is 0.635. The molecule has 1 unspecified atom stereocenters. The number of hydrogen-bond donors (Lipinski definition) is 3. The molecule has 27 heavy (non-hydrogen) atoms. The SMILES string of the molecule is CCC[C@H](NC(=O)C[NH+](C)CC(=O)Nc1ccc(C)cc1)c1ccccc1. The zero-order valence-corrected chi connectivity index (χ0v) is 16.4. The van der Waals surface area contributed by atoms with Crippen molar-refractivity contribution in [1.82, 2.24) is 5.32 Å². The van der Waals surface area contributed by atoms with E-state index in [1.165, 1.54) is 0 Å². The van der Waals surface area contributed by atoms with E-state index in [4.69, 9.17) is 0 Å². The predicted octanol–water partition coefficient (Wildman–Crippen LogP) is 2.11. The van der Waals surface area contributed by atoms with Gasteiger partial charge in [0.25, 0.3) is 11.8 Å². The minimum Gasteiger partial charge on any atom is -0.344 e. The van der Waals surface area contributed by atoms with Crippen molar-refractivity contribution in [3.05, 3.63) is 65.7 Å². The van der Waals surface area contributed by atoms with Crippen LogP contribution in [0.25, 0.3) is 0 Å². The molecule has 2 aromatic rings. The van der Waals surface area contributed by atoms with Gasteiger partial charge in [0.05, 0.1) is 13.1 Å². The molecule has 2 amide bonds. The van der Waals surface area contributed by atoms with Crippen LogP contribution in [0.1, 0.15) is 36.9 Å². The maximum absolute atomic E-state index is 12.4. The molecule has 0 aromatic heterocycles. The molecule has 2 rings (SSSR count). The third-order valence-electron chi connectivity index (χ3n) is 4.37. The number of aryl methyl sites for hydroxylation is 1. The molecule has 0 aliphatic carbocycles. The smallest absolute Gasteiger partial charge is 0.279 e. The Morgan fingerprint density at radius 3 is 2.22 bits per heavy atom. The Bertz CT molecular complexity index is 729. The Hall–Kier alpha value is -2.66. The van der Waals surface area contributed by atoms with Crippen LogP contribution in [0, 0.1) is 6.92 Å². The maximum Gasteiger partial charge on any atom is 0.279 e. The zero-order valence-electron chi connectivity index (χ0n) is 16.4. The predicted molar refractivity (Wildman–Crippen MR) is 109 cm³/mol. The summed E-state index contributed by atoms with van der Waals surface area (Å²) in [6.45, 7) is 4.61. The third kappa shape index (κ3) is 7.23. The Morgan fingerprint density at radius 1 is 0.963 bits per heavy atom. The lowest BCUT2D eigenvalue weighted by Crippen LogP contribution is -3.11. The lowest BCUT2D eigenvalue weighted by Gasteiger charge is -2.20. The first-order valence-electron chi connectivity index (χ1n) is 9.50. The molecule has 2 atom stereocenters. The molecular weight excluding hydrogens is 338 g/mol. The van der Waals surface area contributed by atoms with Crippen molar-refractivity contribution in [3.8, 4) is 0 Å². The Kier molecular flexibility index (Phi) is 8.01. The fraction of sp³-hybridized carbons (Fsp3) is 0.364. The number of carbonyl (C=O) groups is 2. The van der Waals surface area contributed by atoms with Gasteiger partial charge in [-0.3, -0.25) is 9.59 Å². The average Bonchev–Trinajstić information content (AvgIpc) is 2.63. The Labute approximate surface area is 161 Å². The summed E-state index contributed by atoms with van der Waals surface area (Å²) in [5.41, 5.74) is 3.03. The summed E-state index contributed by atoms with van der Waals surface area (Å²) in [5.74, 6) is -0.143. The number of carbonyl (C=O) groups excluding carboxylic acids is 2. The first kappa shape index (κ1) is 20.6. The van der Waals surface area contributed by atoms with Gasteiger partial charge in [0.15, 0.2) is 13.1 Å². The van der Waals surface area contributed by atoms with Crippen LogP contribution in [0.2, 0.25) is 0 Å². The summed E-state index contributed by atoms with van der Waals surface area (Å²) in [4.78, 5) is 25.4. The van der Waals surface area contributed by atoms with Crippen LogP contribution in [0.15, 0.2) is 54.6 Å². The van der Waals surface area contributed by atoms with Gasteiger partial charge < -0.3 is 15.5 Å². The first-order valence-corrected chi connectivity index (χ1v) is 9.50. The normalized spacial score (nSPS) is 12.9. The van der Waals surface area contributed by atoms with E-state index in [0.29, 0.717) is 0 Å².